The predicted molar refractivity (Wildman–Crippen MR) is 120 cm³/mol. The molecule has 4 rings (SSSR count). The summed E-state index contributed by atoms with van der Waals surface area (Å²) in [6, 6.07) is 12.8. The molecule has 1 saturated heterocycles. The minimum Gasteiger partial charge on any atom is -0.459 e. The molecule has 12 heteroatoms. The first kappa shape index (κ1) is 23.0. The first-order valence-corrected chi connectivity index (χ1v) is 10.1. The third-order valence-corrected chi connectivity index (χ3v) is 4.84. The fourth-order valence-corrected chi connectivity index (χ4v) is 3.12. The van der Waals surface area contributed by atoms with Gasteiger partial charge in [0.15, 0.2) is 11.7 Å². The van der Waals surface area contributed by atoms with Gasteiger partial charge >= 0.3 is 6.03 Å². The number of anilines is 2. The number of urea groups is 1. The third-order valence-electron chi connectivity index (χ3n) is 4.84. The summed E-state index contributed by atoms with van der Waals surface area (Å²) in [5.74, 6) is -5.42. The van der Waals surface area contributed by atoms with Gasteiger partial charge in [-0.3, -0.25) is 24.5 Å². The molecule has 1 atom stereocenters. The first-order chi connectivity index (χ1) is 16.8. The number of benzene rings is 2. The molecule has 3 aromatic rings. The van der Waals surface area contributed by atoms with Crippen molar-refractivity contribution in [1.82, 2.24) is 10.7 Å². The second-order valence-corrected chi connectivity index (χ2v) is 7.13. The Morgan fingerprint density at radius 2 is 1.74 bits per heavy atom. The van der Waals surface area contributed by atoms with E-state index < -0.39 is 41.4 Å². The molecule has 6 amide bonds. The van der Waals surface area contributed by atoms with Crippen LogP contribution in [0.3, 0.4) is 0 Å². The van der Waals surface area contributed by atoms with Crippen LogP contribution >= 0.6 is 0 Å². The summed E-state index contributed by atoms with van der Waals surface area (Å²) in [6.07, 6.45) is 2.20. The highest BCUT2D eigenvalue weighted by Gasteiger charge is 2.41. The van der Waals surface area contributed by atoms with Crippen molar-refractivity contribution in [3.05, 3.63) is 84.1 Å². The number of nitrogens with zero attached hydrogens (tertiary/aromatic N) is 2. The highest BCUT2D eigenvalue weighted by atomic mass is 19.1. The van der Waals surface area contributed by atoms with Crippen LogP contribution in [0.5, 0.6) is 0 Å². The maximum atomic E-state index is 14.1. The van der Waals surface area contributed by atoms with E-state index in [0.717, 1.165) is 12.3 Å². The van der Waals surface area contributed by atoms with Gasteiger partial charge in [0.05, 0.1) is 12.0 Å². The van der Waals surface area contributed by atoms with Gasteiger partial charge in [-0.05, 0) is 48.5 Å². The molecule has 0 unspecified atom stereocenters. The van der Waals surface area contributed by atoms with E-state index in [2.05, 4.69) is 15.8 Å². The average Bonchev–Trinajstić information content (AvgIpc) is 3.38. The minimum absolute atomic E-state index is 0.123. The lowest BCUT2D eigenvalue weighted by Crippen LogP contribution is -2.59. The van der Waals surface area contributed by atoms with Gasteiger partial charge < -0.3 is 9.73 Å². The number of amides is 6. The fraction of sp³-hybridized carbons (Fsp3) is 0.0435. The minimum atomic E-state index is -1.58. The molecule has 1 fully saturated rings. The standard InChI is InChI=1S/C23H16FN5O6/c24-16-4-1-2-5-17(16)29-22(33)15(20(31)27-23(29)34)12-25-28-19(30)13-7-9-14(10-8-13)26-21(32)18-6-3-11-35-18/h1-12,15H,(H,26,32)(H,28,30)(H,27,31,34)/b25-12-/t15-/m1/s1. The van der Waals surface area contributed by atoms with E-state index in [1.165, 1.54) is 54.8 Å². The topological polar surface area (TPSA) is 150 Å². The number of hydrazone groups is 1. The second kappa shape index (κ2) is 9.79. The quantitative estimate of drug-likeness (QED) is 0.282. The molecule has 3 N–H and O–H groups in total. The number of carbonyl (C=O) groups excluding carboxylic acids is 5. The molecule has 0 bridgehead atoms. The summed E-state index contributed by atoms with van der Waals surface area (Å²) in [7, 11) is 0. The van der Waals surface area contributed by atoms with Gasteiger partial charge in [-0.15, -0.1) is 0 Å². The number of furan rings is 1. The maximum absolute atomic E-state index is 14.1. The number of halogens is 1. The molecular formula is C23H16FN5O6. The van der Waals surface area contributed by atoms with E-state index in [-0.39, 0.29) is 17.0 Å². The van der Waals surface area contributed by atoms with E-state index in [9.17, 15) is 28.4 Å². The van der Waals surface area contributed by atoms with Gasteiger partial charge in [0.2, 0.25) is 5.91 Å². The Morgan fingerprint density at radius 1 is 1.00 bits per heavy atom. The van der Waals surface area contributed by atoms with E-state index in [1.807, 2.05) is 5.32 Å². The molecule has 0 saturated carbocycles. The number of nitrogens with one attached hydrogen (secondary N) is 3. The van der Waals surface area contributed by atoms with Crippen LogP contribution in [0.25, 0.3) is 0 Å². The number of carbonyl (C=O) groups is 5. The molecule has 176 valence electrons. The Morgan fingerprint density at radius 3 is 2.43 bits per heavy atom. The van der Waals surface area contributed by atoms with Gasteiger partial charge in [0.1, 0.15) is 5.82 Å². The van der Waals surface area contributed by atoms with Crippen molar-refractivity contribution >= 4 is 47.2 Å². The van der Waals surface area contributed by atoms with Crippen molar-refractivity contribution in [2.75, 3.05) is 10.2 Å². The highest BCUT2D eigenvalue weighted by Crippen LogP contribution is 2.23. The Hall–Kier alpha value is -5.13. The fourth-order valence-electron chi connectivity index (χ4n) is 3.12. The summed E-state index contributed by atoms with van der Waals surface area (Å²) in [4.78, 5) is 61.7. The number of barbiturate groups is 1. The maximum Gasteiger partial charge on any atom is 0.335 e. The first-order valence-electron chi connectivity index (χ1n) is 10.1. The van der Waals surface area contributed by atoms with E-state index in [1.54, 1.807) is 6.07 Å². The zero-order valence-electron chi connectivity index (χ0n) is 17.7. The zero-order chi connectivity index (χ0) is 24.9. The highest BCUT2D eigenvalue weighted by molar-refractivity contribution is 6.32. The van der Waals surface area contributed by atoms with Gasteiger partial charge in [-0.25, -0.2) is 19.5 Å². The summed E-state index contributed by atoms with van der Waals surface area (Å²) in [6.45, 7) is 0. The van der Waals surface area contributed by atoms with Crippen LogP contribution in [0.2, 0.25) is 0 Å². The number of rotatable bonds is 6. The number of hydrogen-bond donors (Lipinski definition) is 3. The second-order valence-electron chi connectivity index (χ2n) is 7.13. The van der Waals surface area contributed by atoms with Crippen LogP contribution < -0.4 is 21.0 Å². The van der Waals surface area contributed by atoms with Crippen LogP contribution in [0.15, 0.2) is 76.4 Å². The number of imide groups is 2. The molecule has 0 spiro atoms. The summed E-state index contributed by atoms with van der Waals surface area (Å²) >= 11 is 0. The molecule has 1 aliphatic heterocycles. The number of hydrogen-bond acceptors (Lipinski definition) is 7. The lowest BCUT2D eigenvalue weighted by Gasteiger charge is -2.28. The summed E-state index contributed by atoms with van der Waals surface area (Å²) in [5, 5.41) is 8.18. The third kappa shape index (κ3) is 4.95. The van der Waals surface area contributed by atoms with Crippen molar-refractivity contribution in [3.8, 4) is 0 Å². The van der Waals surface area contributed by atoms with Crippen LogP contribution in [0.4, 0.5) is 20.6 Å². The lowest BCUT2D eigenvalue weighted by atomic mass is 10.1. The Bertz CT molecular complexity index is 1340. The van der Waals surface area contributed by atoms with E-state index in [0.29, 0.717) is 10.6 Å². The monoisotopic (exact) mass is 477 g/mol. The Kier molecular flexibility index (Phi) is 6.44. The molecule has 2 aromatic carbocycles. The summed E-state index contributed by atoms with van der Waals surface area (Å²) < 4.78 is 19.1. The van der Waals surface area contributed by atoms with E-state index in [4.69, 9.17) is 4.42 Å². The van der Waals surface area contributed by atoms with Crippen molar-refractivity contribution in [3.63, 3.8) is 0 Å². The predicted octanol–water partition coefficient (Wildman–Crippen LogP) is 2.29. The van der Waals surface area contributed by atoms with Crippen molar-refractivity contribution in [2.24, 2.45) is 11.0 Å². The molecule has 1 aromatic heterocycles. The molecule has 11 nitrogen and oxygen atoms in total. The van der Waals surface area contributed by atoms with Crippen molar-refractivity contribution in [2.45, 2.75) is 0 Å². The van der Waals surface area contributed by atoms with Crippen LogP contribution in [0, 0.1) is 11.7 Å². The molecule has 2 heterocycles. The van der Waals surface area contributed by atoms with Crippen LogP contribution in [-0.4, -0.2) is 35.9 Å². The SMILES string of the molecule is O=C(N/N=C\[C@@H]1C(=O)NC(=O)N(c2ccccc2F)C1=O)c1ccc(NC(=O)c2ccco2)cc1. The lowest BCUT2D eigenvalue weighted by molar-refractivity contribution is -0.131. The van der Waals surface area contributed by atoms with Gasteiger partial charge in [-0.1, -0.05) is 12.1 Å². The average molecular weight is 477 g/mol. The van der Waals surface area contributed by atoms with Crippen LogP contribution in [0.1, 0.15) is 20.9 Å². The zero-order valence-corrected chi connectivity index (χ0v) is 17.7. The number of para-hydroxylation sites is 1. The molecular weight excluding hydrogens is 461 g/mol. The Balaban J connectivity index is 1.39. The summed E-state index contributed by atoms with van der Waals surface area (Å²) in [5.41, 5.74) is 2.41. The van der Waals surface area contributed by atoms with Gasteiger partial charge in [0, 0.05) is 17.5 Å². The molecule has 35 heavy (non-hydrogen) atoms. The molecule has 0 aliphatic carbocycles. The molecule has 1 aliphatic rings. The van der Waals surface area contributed by atoms with Gasteiger partial charge in [-0.2, -0.15) is 5.10 Å². The normalized spacial score (nSPS) is 15.7. The van der Waals surface area contributed by atoms with E-state index >= 15 is 0 Å². The van der Waals surface area contributed by atoms with Crippen molar-refractivity contribution < 1.29 is 32.8 Å². The van der Waals surface area contributed by atoms with Gasteiger partial charge in [0.25, 0.3) is 17.7 Å². The van der Waals surface area contributed by atoms with Crippen molar-refractivity contribution in [1.29, 1.82) is 0 Å². The molecule has 0 radical (unpaired) electrons. The largest absolute Gasteiger partial charge is 0.459 e. The Labute approximate surface area is 196 Å². The smallest absolute Gasteiger partial charge is 0.335 e. The van der Waals surface area contributed by atoms with Crippen LogP contribution in [-0.2, 0) is 9.59 Å².